The van der Waals surface area contributed by atoms with Crippen LogP contribution in [0.1, 0.15) is 35.0 Å². The molecule has 4 heteroatoms. The molecule has 0 fully saturated rings. The molecule has 0 saturated heterocycles. The first-order valence-electron chi connectivity index (χ1n) is 6.02. The molecule has 0 radical (unpaired) electrons. The zero-order chi connectivity index (χ0) is 14.0. The Balaban J connectivity index is 2.40. The molecular formula is C15H14ClF2N. The van der Waals surface area contributed by atoms with E-state index in [4.69, 9.17) is 11.6 Å². The van der Waals surface area contributed by atoms with Crippen LogP contribution >= 0.6 is 11.6 Å². The maximum atomic E-state index is 14.0. The second kappa shape index (κ2) is 5.66. The summed E-state index contributed by atoms with van der Waals surface area (Å²) in [6.07, 6.45) is 1.64. The van der Waals surface area contributed by atoms with E-state index in [1.165, 1.54) is 12.1 Å². The quantitative estimate of drug-likeness (QED) is 0.740. The summed E-state index contributed by atoms with van der Waals surface area (Å²) in [5.41, 5.74) is 1.01. The lowest BCUT2D eigenvalue weighted by atomic mass is 9.95. The van der Waals surface area contributed by atoms with Gasteiger partial charge in [0.1, 0.15) is 11.6 Å². The summed E-state index contributed by atoms with van der Waals surface area (Å²) >= 11 is 6.25. The molecule has 1 aromatic carbocycles. The average Bonchev–Trinajstić information content (AvgIpc) is 2.43. The Kier molecular flexibility index (Phi) is 4.15. The standard InChI is InChI=1S/C15H14ClF2N/c1-9-6-7-11(17)13(15(9)18)14(16)10(2)12-5-3-4-8-19-12/h3-8,10,14H,1-2H3. The Morgan fingerprint density at radius 1 is 1.16 bits per heavy atom. The van der Waals surface area contributed by atoms with E-state index in [0.29, 0.717) is 11.3 Å². The van der Waals surface area contributed by atoms with Crippen LogP contribution in [0.15, 0.2) is 36.5 Å². The maximum absolute atomic E-state index is 14.0. The van der Waals surface area contributed by atoms with Gasteiger partial charge in [0.05, 0.1) is 5.38 Å². The van der Waals surface area contributed by atoms with Crippen molar-refractivity contribution in [2.24, 2.45) is 0 Å². The SMILES string of the molecule is Cc1ccc(F)c(C(Cl)C(C)c2ccccn2)c1F. The molecule has 1 heterocycles. The molecule has 0 bridgehead atoms. The molecule has 1 aromatic heterocycles. The van der Waals surface area contributed by atoms with E-state index in [2.05, 4.69) is 4.98 Å². The summed E-state index contributed by atoms with van der Waals surface area (Å²) in [5, 5.41) is -0.796. The van der Waals surface area contributed by atoms with Gasteiger partial charge in [-0.3, -0.25) is 4.98 Å². The Labute approximate surface area is 116 Å². The molecular weight excluding hydrogens is 268 g/mol. The largest absolute Gasteiger partial charge is 0.261 e. The van der Waals surface area contributed by atoms with Crippen molar-refractivity contribution < 1.29 is 8.78 Å². The van der Waals surface area contributed by atoms with E-state index >= 15 is 0 Å². The molecule has 0 aliphatic carbocycles. The lowest BCUT2D eigenvalue weighted by Crippen LogP contribution is -2.09. The normalized spacial score (nSPS) is 14.2. The molecule has 19 heavy (non-hydrogen) atoms. The Bertz CT molecular complexity index is 572. The Morgan fingerprint density at radius 3 is 2.53 bits per heavy atom. The number of hydrogen-bond donors (Lipinski definition) is 0. The molecule has 2 aromatic rings. The number of aryl methyl sites for hydroxylation is 1. The van der Waals surface area contributed by atoms with Gasteiger partial charge in [0, 0.05) is 23.4 Å². The van der Waals surface area contributed by atoms with Gasteiger partial charge in [-0.1, -0.05) is 19.1 Å². The highest BCUT2D eigenvalue weighted by Crippen LogP contribution is 2.38. The fraction of sp³-hybridized carbons (Fsp3) is 0.267. The summed E-state index contributed by atoms with van der Waals surface area (Å²) in [5.74, 6) is -1.48. The van der Waals surface area contributed by atoms with Crippen molar-refractivity contribution in [3.8, 4) is 0 Å². The van der Waals surface area contributed by atoms with Gasteiger partial charge in [-0.2, -0.15) is 0 Å². The van der Waals surface area contributed by atoms with E-state index in [1.807, 2.05) is 6.07 Å². The summed E-state index contributed by atoms with van der Waals surface area (Å²) in [6, 6.07) is 8.06. The number of aromatic nitrogens is 1. The van der Waals surface area contributed by atoms with Crippen LogP contribution in [0, 0.1) is 18.6 Å². The highest BCUT2D eigenvalue weighted by molar-refractivity contribution is 6.21. The topological polar surface area (TPSA) is 12.9 Å². The smallest absolute Gasteiger partial charge is 0.133 e. The molecule has 2 rings (SSSR count). The number of halogens is 3. The molecule has 2 unspecified atom stereocenters. The van der Waals surface area contributed by atoms with E-state index in [0.717, 1.165) is 0 Å². The van der Waals surface area contributed by atoms with Crippen molar-refractivity contribution in [2.45, 2.75) is 25.1 Å². The van der Waals surface area contributed by atoms with E-state index < -0.39 is 17.0 Å². The van der Waals surface area contributed by atoms with Crippen LogP contribution < -0.4 is 0 Å². The van der Waals surface area contributed by atoms with Crippen molar-refractivity contribution in [2.75, 3.05) is 0 Å². The van der Waals surface area contributed by atoms with E-state index in [1.54, 1.807) is 32.2 Å². The minimum absolute atomic E-state index is 0.0835. The molecule has 0 aliphatic heterocycles. The number of benzene rings is 1. The molecule has 0 N–H and O–H groups in total. The highest BCUT2D eigenvalue weighted by atomic mass is 35.5. The van der Waals surface area contributed by atoms with Crippen LogP contribution in [-0.2, 0) is 0 Å². The lowest BCUT2D eigenvalue weighted by Gasteiger charge is -2.19. The number of nitrogens with zero attached hydrogens (tertiary/aromatic N) is 1. The fourth-order valence-electron chi connectivity index (χ4n) is 1.98. The van der Waals surface area contributed by atoms with E-state index in [9.17, 15) is 8.78 Å². The van der Waals surface area contributed by atoms with E-state index in [-0.39, 0.29) is 11.5 Å². The predicted molar refractivity (Wildman–Crippen MR) is 72.3 cm³/mol. The van der Waals surface area contributed by atoms with Crippen LogP contribution in [0.3, 0.4) is 0 Å². The third kappa shape index (κ3) is 2.76. The van der Waals surface area contributed by atoms with Gasteiger partial charge in [0.15, 0.2) is 0 Å². The number of rotatable bonds is 3. The van der Waals surface area contributed by atoms with Gasteiger partial charge in [0.2, 0.25) is 0 Å². The molecule has 0 saturated carbocycles. The third-order valence-corrected chi connectivity index (χ3v) is 3.78. The minimum atomic E-state index is -0.796. The predicted octanol–water partition coefficient (Wildman–Crippen LogP) is 4.75. The Morgan fingerprint density at radius 2 is 1.89 bits per heavy atom. The average molecular weight is 282 g/mol. The maximum Gasteiger partial charge on any atom is 0.133 e. The highest BCUT2D eigenvalue weighted by Gasteiger charge is 2.26. The van der Waals surface area contributed by atoms with Crippen molar-refractivity contribution in [1.29, 1.82) is 0 Å². The Hall–Kier alpha value is -1.48. The fourth-order valence-corrected chi connectivity index (χ4v) is 2.31. The molecule has 0 aliphatic rings. The molecule has 0 amide bonds. The second-order valence-corrected chi connectivity index (χ2v) is 5.01. The van der Waals surface area contributed by atoms with Crippen LogP contribution in [-0.4, -0.2) is 4.98 Å². The summed E-state index contributed by atoms with van der Waals surface area (Å²) < 4.78 is 27.9. The van der Waals surface area contributed by atoms with Crippen LogP contribution in [0.25, 0.3) is 0 Å². The third-order valence-electron chi connectivity index (χ3n) is 3.19. The monoisotopic (exact) mass is 281 g/mol. The molecule has 0 spiro atoms. The first-order chi connectivity index (χ1) is 9.02. The zero-order valence-corrected chi connectivity index (χ0v) is 11.5. The number of pyridine rings is 1. The summed E-state index contributed by atoms with van der Waals surface area (Å²) in [7, 11) is 0. The summed E-state index contributed by atoms with van der Waals surface area (Å²) in [6.45, 7) is 3.40. The van der Waals surface area contributed by atoms with Gasteiger partial charge in [-0.15, -0.1) is 11.6 Å². The van der Waals surface area contributed by atoms with Crippen molar-refractivity contribution in [3.63, 3.8) is 0 Å². The van der Waals surface area contributed by atoms with Crippen molar-refractivity contribution in [3.05, 3.63) is 65.0 Å². The van der Waals surface area contributed by atoms with Gasteiger partial charge in [-0.25, -0.2) is 8.78 Å². The van der Waals surface area contributed by atoms with Crippen molar-refractivity contribution in [1.82, 2.24) is 4.98 Å². The number of hydrogen-bond acceptors (Lipinski definition) is 1. The van der Waals surface area contributed by atoms with Crippen LogP contribution in [0.2, 0.25) is 0 Å². The van der Waals surface area contributed by atoms with Gasteiger partial charge in [-0.05, 0) is 30.7 Å². The first kappa shape index (κ1) is 13.9. The van der Waals surface area contributed by atoms with Crippen molar-refractivity contribution >= 4 is 11.6 Å². The van der Waals surface area contributed by atoms with Gasteiger partial charge < -0.3 is 0 Å². The zero-order valence-electron chi connectivity index (χ0n) is 10.7. The molecule has 2 atom stereocenters. The summed E-state index contributed by atoms with van der Waals surface area (Å²) in [4.78, 5) is 4.18. The lowest BCUT2D eigenvalue weighted by molar-refractivity contribution is 0.530. The van der Waals surface area contributed by atoms with Gasteiger partial charge in [0.25, 0.3) is 0 Å². The van der Waals surface area contributed by atoms with Crippen LogP contribution in [0.5, 0.6) is 0 Å². The minimum Gasteiger partial charge on any atom is -0.261 e. The molecule has 100 valence electrons. The second-order valence-electron chi connectivity index (χ2n) is 4.54. The molecule has 1 nitrogen and oxygen atoms in total. The van der Waals surface area contributed by atoms with Gasteiger partial charge >= 0.3 is 0 Å². The first-order valence-corrected chi connectivity index (χ1v) is 6.45. The number of alkyl halides is 1. The van der Waals surface area contributed by atoms with Crippen LogP contribution in [0.4, 0.5) is 8.78 Å².